The Morgan fingerprint density at radius 3 is 2.65 bits per heavy atom. The van der Waals surface area contributed by atoms with Gasteiger partial charge in [-0.1, -0.05) is 18.7 Å². The molecule has 2 aromatic heterocycles. The molecule has 4 aromatic rings. The van der Waals surface area contributed by atoms with E-state index in [2.05, 4.69) is 16.5 Å². The van der Waals surface area contributed by atoms with Gasteiger partial charge < -0.3 is 20.3 Å². The number of likely N-dealkylation sites (tertiary alicyclic amines) is 2. The molecule has 1 amide bonds. The van der Waals surface area contributed by atoms with Crippen molar-refractivity contribution in [2.24, 2.45) is 5.41 Å². The van der Waals surface area contributed by atoms with E-state index in [0.717, 1.165) is 43.2 Å². The minimum Gasteiger partial charge on any atom is -0.462 e. The number of thiophene rings is 1. The Labute approximate surface area is 284 Å². The van der Waals surface area contributed by atoms with E-state index in [1.807, 2.05) is 20.0 Å². The predicted molar refractivity (Wildman–Crippen MR) is 181 cm³/mol. The minimum atomic E-state index is -4.93. The van der Waals surface area contributed by atoms with Crippen molar-refractivity contribution in [2.75, 3.05) is 44.4 Å². The maximum Gasteiger partial charge on any atom is 0.419 e. The highest BCUT2D eigenvalue weighted by Gasteiger charge is 2.51. The molecule has 1 aliphatic carbocycles. The number of nitrogens with zero attached hydrogens (tertiary/aromatic N) is 6. The van der Waals surface area contributed by atoms with Gasteiger partial charge in [-0.2, -0.15) is 28.4 Å². The lowest BCUT2D eigenvalue weighted by Crippen LogP contribution is -2.43. The van der Waals surface area contributed by atoms with Crippen molar-refractivity contribution in [3.8, 4) is 23.2 Å². The number of nitrogens with two attached hydrogens (primary N) is 1. The first kappa shape index (κ1) is 33.0. The Hall–Kier alpha value is -4.48. The van der Waals surface area contributed by atoms with Gasteiger partial charge in [-0.05, 0) is 74.4 Å². The zero-order valence-electron chi connectivity index (χ0n) is 27.3. The predicted octanol–water partition coefficient (Wildman–Crippen LogP) is 6.60. The molecule has 0 unspecified atom stereocenters. The third kappa shape index (κ3) is 5.53. The quantitative estimate of drug-likeness (QED) is 0.170. The highest BCUT2D eigenvalue weighted by atomic mass is 32.1. The molecule has 3 fully saturated rings. The molecule has 1 saturated carbocycles. The molecule has 9 nitrogen and oxygen atoms in total. The molecule has 4 heterocycles. The number of fused-ring (bicyclic) bond motifs is 2. The number of rotatable bonds is 7. The van der Waals surface area contributed by atoms with Gasteiger partial charge in [0.15, 0.2) is 0 Å². The topological polar surface area (TPSA) is 112 Å². The van der Waals surface area contributed by atoms with Crippen LogP contribution in [0.1, 0.15) is 43.7 Å². The number of aromatic nitrogens is 2. The molecule has 0 radical (unpaired) electrons. The van der Waals surface area contributed by atoms with Crippen molar-refractivity contribution in [1.82, 2.24) is 19.8 Å². The number of carbonyl (C=O) groups is 1. The summed E-state index contributed by atoms with van der Waals surface area (Å²) in [4.78, 5) is 27.3. The zero-order chi connectivity index (χ0) is 35.0. The number of ether oxygens (including phenoxy) is 1. The largest absolute Gasteiger partial charge is 0.462 e. The van der Waals surface area contributed by atoms with E-state index in [-0.39, 0.29) is 90.6 Å². The smallest absolute Gasteiger partial charge is 0.419 e. The molecule has 1 spiro atoms. The van der Waals surface area contributed by atoms with Gasteiger partial charge in [-0.15, -0.1) is 11.3 Å². The number of anilines is 2. The average Bonchev–Trinajstić information content (AvgIpc) is 3.38. The molecule has 3 atom stereocenters. The molecule has 2 N–H and O–H groups in total. The molecular weight excluding hydrogens is 658 g/mol. The monoisotopic (exact) mass is 693 g/mol. The summed E-state index contributed by atoms with van der Waals surface area (Å²) >= 11 is 0.814. The van der Waals surface area contributed by atoms with Gasteiger partial charge in [0, 0.05) is 43.0 Å². The van der Waals surface area contributed by atoms with E-state index in [9.17, 15) is 14.4 Å². The number of benzene rings is 2. The van der Waals surface area contributed by atoms with Gasteiger partial charge in [0.05, 0.1) is 27.4 Å². The van der Waals surface area contributed by atoms with Gasteiger partial charge in [-0.3, -0.25) is 9.69 Å². The highest BCUT2D eigenvalue weighted by Crippen LogP contribution is 2.54. The molecular formula is C35H35F4N7O2S. The Balaban J connectivity index is 1.41. The van der Waals surface area contributed by atoms with Crippen LogP contribution in [0.3, 0.4) is 0 Å². The summed E-state index contributed by atoms with van der Waals surface area (Å²) in [5.74, 6) is -0.691. The third-order valence-electron chi connectivity index (χ3n) is 10.6. The second-order valence-electron chi connectivity index (χ2n) is 13.5. The second-order valence-corrected chi connectivity index (χ2v) is 14.5. The van der Waals surface area contributed by atoms with Crippen LogP contribution in [0, 0.1) is 22.6 Å². The average molecular weight is 694 g/mol. The fraction of sp³-hybridized carbons (Fsp3) is 0.429. The van der Waals surface area contributed by atoms with Gasteiger partial charge >= 0.3 is 12.2 Å². The summed E-state index contributed by atoms with van der Waals surface area (Å²) in [6.45, 7) is 7.08. The number of hydrogen-bond donors (Lipinski definition) is 1. The lowest BCUT2D eigenvalue weighted by Gasteiger charge is -2.32. The number of amides is 1. The van der Waals surface area contributed by atoms with Crippen LogP contribution >= 0.6 is 11.3 Å². The second kappa shape index (κ2) is 11.8. The molecule has 2 saturated heterocycles. The van der Waals surface area contributed by atoms with Crippen LogP contribution in [-0.2, 0) is 11.0 Å². The van der Waals surface area contributed by atoms with E-state index < -0.39 is 17.6 Å². The summed E-state index contributed by atoms with van der Waals surface area (Å²) in [7, 11) is 3.76. The molecule has 14 heteroatoms. The van der Waals surface area contributed by atoms with E-state index in [1.54, 1.807) is 16.8 Å². The Morgan fingerprint density at radius 2 is 2.00 bits per heavy atom. The Bertz CT molecular complexity index is 2050. The van der Waals surface area contributed by atoms with Crippen LogP contribution in [0.2, 0.25) is 0 Å². The van der Waals surface area contributed by atoms with Crippen LogP contribution < -0.4 is 15.4 Å². The van der Waals surface area contributed by atoms with E-state index in [0.29, 0.717) is 13.0 Å². The molecule has 49 heavy (non-hydrogen) atoms. The maximum atomic E-state index is 15.4. The number of nitriles is 1. The summed E-state index contributed by atoms with van der Waals surface area (Å²) in [5.41, 5.74) is 4.51. The number of halogens is 4. The van der Waals surface area contributed by atoms with Crippen molar-refractivity contribution >= 4 is 49.1 Å². The van der Waals surface area contributed by atoms with E-state index >= 15 is 13.2 Å². The number of nitrogen functional groups attached to an aromatic ring is 1. The number of alkyl halides is 3. The number of hydrogen-bond acceptors (Lipinski definition) is 9. The fourth-order valence-electron chi connectivity index (χ4n) is 7.83. The van der Waals surface area contributed by atoms with Crippen molar-refractivity contribution in [2.45, 2.75) is 56.9 Å². The molecule has 2 aromatic carbocycles. The van der Waals surface area contributed by atoms with Crippen molar-refractivity contribution < 1.29 is 27.1 Å². The van der Waals surface area contributed by atoms with Gasteiger partial charge in [0.25, 0.3) is 0 Å². The fourth-order valence-corrected chi connectivity index (χ4v) is 8.78. The molecule has 3 aliphatic rings. The summed E-state index contributed by atoms with van der Waals surface area (Å²) in [6, 6.07) is 6.38. The SMILES string of the molecule is C=CC(=O)N1CC[C@H](N(C)c2nc(OC[C@@H]3CC4(CC4)CN3C)nc3c(C(F)(F)F)c(-c4ccc(F)c5sc(N)c(C#N)c45)ccc23)[C@@H]1C. The lowest BCUT2D eigenvalue weighted by molar-refractivity contribution is -0.136. The van der Waals surface area contributed by atoms with Gasteiger partial charge in [0.1, 0.15) is 29.3 Å². The van der Waals surface area contributed by atoms with Gasteiger partial charge in [-0.25, -0.2) is 4.39 Å². The lowest BCUT2D eigenvalue weighted by atomic mass is 9.92. The van der Waals surface area contributed by atoms with Crippen LogP contribution in [0.4, 0.5) is 28.4 Å². The van der Waals surface area contributed by atoms with Crippen molar-refractivity contribution in [3.05, 3.63) is 53.9 Å². The summed E-state index contributed by atoms with van der Waals surface area (Å²) in [6.07, 6.45) is 0.111. The molecule has 0 bridgehead atoms. The van der Waals surface area contributed by atoms with Crippen LogP contribution in [0.5, 0.6) is 6.01 Å². The molecule has 2 aliphatic heterocycles. The van der Waals surface area contributed by atoms with Gasteiger partial charge in [0.2, 0.25) is 5.91 Å². The first-order chi connectivity index (χ1) is 23.3. The number of carbonyl (C=O) groups excluding carboxylic acids is 1. The third-order valence-corrected chi connectivity index (χ3v) is 11.6. The summed E-state index contributed by atoms with van der Waals surface area (Å²) in [5, 5.41) is 10.0. The normalized spacial score (nSPS) is 21.8. The maximum absolute atomic E-state index is 15.4. The zero-order valence-corrected chi connectivity index (χ0v) is 28.1. The first-order valence-electron chi connectivity index (χ1n) is 16.1. The molecule has 7 rings (SSSR count). The van der Waals surface area contributed by atoms with E-state index in [4.69, 9.17) is 15.5 Å². The Kier molecular flexibility index (Phi) is 7.98. The summed E-state index contributed by atoms with van der Waals surface area (Å²) < 4.78 is 67.2. The highest BCUT2D eigenvalue weighted by molar-refractivity contribution is 7.23. The minimum absolute atomic E-state index is 0.00475. The van der Waals surface area contributed by atoms with E-state index in [1.165, 1.54) is 24.3 Å². The van der Waals surface area contributed by atoms with Crippen molar-refractivity contribution in [1.29, 1.82) is 5.26 Å². The van der Waals surface area contributed by atoms with Crippen molar-refractivity contribution in [3.63, 3.8) is 0 Å². The van der Waals surface area contributed by atoms with Crippen LogP contribution in [0.15, 0.2) is 36.9 Å². The first-order valence-corrected chi connectivity index (χ1v) is 16.9. The standard InChI is InChI=1S/C35H35F4N7O2S/c1-5-26(47)46-13-10-25(18(46)2)45(4)32-22-7-6-21(20-8-9-24(36)30-27(20)23(15-40)31(41)49-30)28(35(37,38)39)29(22)42-33(43-32)48-16-19-14-34(11-12-34)17-44(19)3/h5-9,18-19,25H,1,10-14,16-17,41H2,2-4H3/t18-,19-,25-/m0/s1. The number of likely N-dealkylation sites (N-methyl/N-ethyl adjacent to an activating group) is 2. The van der Waals surface area contributed by atoms with Crippen LogP contribution in [0.25, 0.3) is 32.1 Å². The van der Waals surface area contributed by atoms with Crippen LogP contribution in [-0.4, -0.2) is 77.6 Å². The molecule has 256 valence electrons. The Morgan fingerprint density at radius 1 is 1.27 bits per heavy atom.